The van der Waals surface area contributed by atoms with Gasteiger partial charge in [0.25, 0.3) is 0 Å². The summed E-state index contributed by atoms with van der Waals surface area (Å²) in [7, 11) is 0. The minimum absolute atomic E-state index is 0.00626. The first kappa shape index (κ1) is 12.9. The molecule has 1 aromatic rings. The fourth-order valence-electron chi connectivity index (χ4n) is 1.86. The first-order chi connectivity index (χ1) is 7.86. The van der Waals surface area contributed by atoms with Gasteiger partial charge in [0.2, 0.25) is 0 Å². The standard InChI is InChI=1S/C14H21NO/c1-2-3-5-10-14(15-16)12-11-13-8-6-4-7-9-13/h4,6-9,14H,2-3,5,10-12H2,1H3. The molecule has 0 saturated carbocycles. The van der Waals surface area contributed by atoms with Crippen molar-refractivity contribution in [3.8, 4) is 0 Å². The molecule has 0 fully saturated rings. The van der Waals surface area contributed by atoms with Crippen LogP contribution in [0.4, 0.5) is 0 Å². The summed E-state index contributed by atoms with van der Waals surface area (Å²) < 4.78 is 0. The Hall–Kier alpha value is -1.18. The number of nitroso groups, excluding NO2 is 1. The Bertz CT molecular complexity index is 284. The van der Waals surface area contributed by atoms with Crippen LogP contribution < -0.4 is 0 Å². The van der Waals surface area contributed by atoms with Gasteiger partial charge in [-0.25, -0.2) is 0 Å². The molecular formula is C14H21NO. The summed E-state index contributed by atoms with van der Waals surface area (Å²) in [6, 6.07) is 10.3. The van der Waals surface area contributed by atoms with Crippen LogP contribution in [0.5, 0.6) is 0 Å². The van der Waals surface area contributed by atoms with E-state index in [0.29, 0.717) is 0 Å². The lowest BCUT2D eigenvalue weighted by Crippen LogP contribution is -2.05. The third-order valence-electron chi connectivity index (χ3n) is 2.90. The lowest BCUT2D eigenvalue weighted by atomic mass is 10.0. The summed E-state index contributed by atoms with van der Waals surface area (Å²) in [6.45, 7) is 2.17. The Labute approximate surface area is 98.0 Å². The average molecular weight is 219 g/mol. The molecular weight excluding hydrogens is 198 g/mol. The van der Waals surface area contributed by atoms with Crippen molar-refractivity contribution in [2.24, 2.45) is 5.18 Å². The number of nitrogens with zero attached hydrogens (tertiary/aromatic N) is 1. The molecule has 0 bridgehead atoms. The molecule has 2 nitrogen and oxygen atoms in total. The molecule has 1 unspecified atom stereocenters. The molecule has 0 radical (unpaired) electrons. The van der Waals surface area contributed by atoms with Crippen LogP contribution in [0.1, 0.15) is 44.6 Å². The largest absolute Gasteiger partial charge is 0.151 e. The fraction of sp³-hybridized carbons (Fsp3) is 0.571. The molecule has 0 N–H and O–H groups in total. The molecule has 1 rings (SSSR count). The zero-order valence-corrected chi connectivity index (χ0v) is 10.1. The van der Waals surface area contributed by atoms with Gasteiger partial charge in [0.1, 0.15) is 0 Å². The SMILES string of the molecule is CCCCCC(CCc1ccccc1)N=O. The van der Waals surface area contributed by atoms with E-state index in [1.165, 1.54) is 18.4 Å². The number of hydrogen-bond acceptors (Lipinski definition) is 2. The predicted octanol–water partition coefficient (Wildman–Crippen LogP) is 4.33. The molecule has 16 heavy (non-hydrogen) atoms. The number of benzene rings is 1. The molecule has 0 aliphatic carbocycles. The molecule has 0 amide bonds. The Morgan fingerprint density at radius 1 is 1.12 bits per heavy atom. The summed E-state index contributed by atoms with van der Waals surface area (Å²) in [5.41, 5.74) is 1.30. The highest BCUT2D eigenvalue weighted by Gasteiger charge is 2.08. The molecule has 1 aromatic carbocycles. The summed E-state index contributed by atoms with van der Waals surface area (Å²) in [6.07, 6.45) is 6.33. The maximum atomic E-state index is 10.7. The van der Waals surface area contributed by atoms with Crippen molar-refractivity contribution in [3.05, 3.63) is 40.8 Å². The predicted molar refractivity (Wildman–Crippen MR) is 68.5 cm³/mol. The molecule has 0 heterocycles. The van der Waals surface area contributed by atoms with Crippen molar-refractivity contribution in [2.45, 2.75) is 51.5 Å². The second-order valence-corrected chi connectivity index (χ2v) is 4.28. The molecule has 88 valence electrons. The van der Waals surface area contributed by atoms with Crippen molar-refractivity contribution in [1.82, 2.24) is 0 Å². The minimum atomic E-state index is 0.00626. The van der Waals surface area contributed by atoms with E-state index in [0.717, 1.165) is 25.7 Å². The fourth-order valence-corrected chi connectivity index (χ4v) is 1.86. The van der Waals surface area contributed by atoms with Gasteiger partial charge >= 0.3 is 0 Å². The number of unbranched alkanes of at least 4 members (excludes halogenated alkanes) is 2. The molecule has 0 aliphatic heterocycles. The van der Waals surface area contributed by atoms with Crippen LogP contribution in [-0.2, 0) is 6.42 Å². The van der Waals surface area contributed by atoms with Crippen molar-refractivity contribution in [2.75, 3.05) is 0 Å². The van der Waals surface area contributed by atoms with Crippen LogP contribution in [0, 0.1) is 4.91 Å². The number of rotatable bonds is 8. The first-order valence-electron chi connectivity index (χ1n) is 6.23. The Morgan fingerprint density at radius 2 is 1.88 bits per heavy atom. The summed E-state index contributed by atoms with van der Waals surface area (Å²) in [4.78, 5) is 10.7. The third-order valence-corrected chi connectivity index (χ3v) is 2.90. The van der Waals surface area contributed by atoms with Gasteiger partial charge in [-0.15, -0.1) is 0 Å². The van der Waals surface area contributed by atoms with Gasteiger partial charge in [0.15, 0.2) is 0 Å². The van der Waals surface area contributed by atoms with Crippen LogP contribution in [-0.4, -0.2) is 6.04 Å². The second-order valence-electron chi connectivity index (χ2n) is 4.28. The molecule has 0 aliphatic rings. The quantitative estimate of drug-likeness (QED) is 0.472. The topological polar surface area (TPSA) is 29.4 Å². The van der Waals surface area contributed by atoms with Gasteiger partial charge in [-0.3, -0.25) is 0 Å². The minimum Gasteiger partial charge on any atom is -0.151 e. The second kappa shape index (κ2) is 8.03. The summed E-state index contributed by atoms with van der Waals surface area (Å²) in [5, 5.41) is 3.22. The van der Waals surface area contributed by atoms with Gasteiger partial charge in [-0.1, -0.05) is 61.7 Å². The molecule has 0 saturated heterocycles. The van der Waals surface area contributed by atoms with E-state index in [4.69, 9.17) is 0 Å². The van der Waals surface area contributed by atoms with E-state index >= 15 is 0 Å². The first-order valence-corrected chi connectivity index (χ1v) is 6.23. The van der Waals surface area contributed by atoms with E-state index in [1.54, 1.807) is 0 Å². The van der Waals surface area contributed by atoms with E-state index < -0.39 is 0 Å². The average Bonchev–Trinajstić information content (AvgIpc) is 2.35. The van der Waals surface area contributed by atoms with E-state index in [1.807, 2.05) is 18.2 Å². The van der Waals surface area contributed by atoms with Crippen molar-refractivity contribution in [1.29, 1.82) is 0 Å². The molecule has 1 atom stereocenters. The highest BCUT2D eigenvalue weighted by atomic mass is 16.3. The van der Waals surface area contributed by atoms with Crippen LogP contribution in [0.15, 0.2) is 35.5 Å². The van der Waals surface area contributed by atoms with Crippen molar-refractivity contribution < 1.29 is 0 Å². The summed E-state index contributed by atoms with van der Waals surface area (Å²) in [5.74, 6) is 0. The van der Waals surface area contributed by atoms with Crippen LogP contribution in [0.3, 0.4) is 0 Å². The normalized spacial score (nSPS) is 12.3. The van der Waals surface area contributed by atoms with Gasteiger partial charge in [-0.2, -0.15) is 4.91 Å². The zero-order valence-electron chi connectivity index (χ0n) is 10.1. The maximum absolute atomic E-state index is 10.7. The van der Waals surface area contributed by atoms with E-state index in [2.05, 4.69) is 24.2 Å². The smallest absolute Gasteiger partial charge is 0.0923 e. The lowest BCUT2D eigenvalue weighted by molar-refractivity contribution is 0.528. The highest BCUT2D eigenvalue weighted by molar-refractivity contribution is 5.14. The lowest BCUT2D eigenvalue weighted by Gasteiger charge is -2.08. The maximum Gasteiger partial charge on any atom is 0.0923 e. The van der Waals surface area contributed by atoms with Crippen molar-refractivity contribution >= 4 is 0 Å². The monoisotopic (exact) mass is 219 g/mol. The Kier molecular flexibility index (Phi) is 6.47. The van der Waals surface area contributed by atoms with Crippen LogP contribution >= 0.6 is 0 Å². The van der Waals surface area contributed by atoms with Crippen LogP contribution in [0.2, 0.25) is 0 Å². The van der Waals surface area contributed by atoms with Gasteiger partial charge < -0.3 is 0 Å². The van der Waals surface area contributed by atoms with E-state index in [9.17, 15) is 4.91 Å². The van der Waals surface area contributed by atoms with Crippen LogP contribution in [0.25, 0.3) is 0 Å². The molecule has 0 spiro atoms. The van der Waals surface area contributed by atoms with E-state index in [-0.39, 0.29) is 6.04 Å². The molecule has 2 heteroatoms. The number of aryl methyl sites for hydroxylation is 1. The third kappa shape index (κ3) is 5.06. The zero-order chi connectivity index (χ0) is 11.6. The van der Waals surface area contributed by atoms with Crippen molar-refractivity contribution in [3.63, 3.8) is 0 Å². The Morgan fingerprint density at radius 3 is 2.50 bits per heavy atom. The Balaban J connectivity index is 2.26. The highest BCUT2D eigenvalue weighted by Crippen LogP contribution is 2.13. The molecule has 0 aromatic heterocycles. The van der Waals surface area contributed by atoms with Gasteiger partial charge in [0, 0.05) is 0 Å². The summed E-state index contributed by atoms with van der Waals surface area (Å²) >= 11 is 0. The van der Waals surface area contributed by atoms with Gasteiger partial charge in [0.05, 0.1) is 6.04 Å². The van der Waals surface area contributed by atoms with Gasteiger partial charge in [-0.05, 0) is 24.8 Å². The number of hydrogen-bond donors (Lipinski definition) is 0.